The normalized spacial score (nSPS) is 9.88. The smallest absolute Gasteiger partial charge is 0.101 e. The first-order chi connectivity index (χ1) is 7.95. The highest BCUT2D eigenvalue weighted by molar-refractivity contribution is 5.93. The Morgan fingerprint density at radius 1 is 0.765 bits per heavy atom. The lowest BCUT2D eigenvalue weighted by Crippen LogP contribution is -1.88. The van der Waals surface area contributed by atoms with Gasteiger partial charge in [0, 0.05) is 16.3 Å². The van der Waals surface area contributed by atoms with Crippen LogP contribution in [0.2, 0.25) is 0 Å². The van der Waals surface area contributed by atoms with E-state index >= 15 is 0 Å². The summed E-state index contributed by atoms with van der Waals surface area (Å²) in [6.45, 7) is 0. The quantitative estimate of drug-likeness (QED) is 0.650. The van der Waals surface area contributed by atoms with Crippen LogP contribution in [0.25, 0.3) is 22.0 Å². The minimum absolute atomic E-state index is 0. The van der Waals surface area contributed by atoms with Crippen LogP contribution < -0.4 is 0 Å². The lowest BCUT2D eigenvalue weighted by molar-refractivity contribution is 1.06. The van der Waals surface area contributed by atoms with E-state index in [-0.39, 0.29) is 12.4 Å². The molecule has 0 aliphatic carbocycles. The summed E-state index contributed by atoms with van der Waals surface area (Å²) in [7, 11) is 0. The highest BCUT2D eigenvalue weighted by atomic mass is 35.5. The van der Waals surface area contributed by atoms with Crippen LogP contribution in [0.3, 0.4) is 0 Å². The van der Waals surface area contributed by atoms with Crippen molar-refractivity contribution in [3.63, 3.8) is 0 Å². The Balaban J connectivity index is 0.00000108. The van der Waals surface area contributed by atoms with Crippen LogP contribution in [0.4, 0.5) is 0 Å². The third-order valence-electron chi connectivity index (χ3n) is 2.62. The molecule has 0 N–H and O–H groups in total. The standard InChI is InChI=1S/C14H10N2.ClH/c1-2-6-11(7-3-1)14-13-9-5-4-8-12(13)10-15-16-14;/h1-10H;1H. The van der Waals surface area contributed by atoms with E-state index < -0.39 is 0 Å². The van der Waals surface area contributed by atoms with Gasteiger partial charge in [0.2, 0.25) is 0 Å². The zero-order valence-electron chi connectivity index (χ0n) is 9.08. The minimum atomic E-state index is 0. The Morgan fingerprint density at radius 3 is 2.29 bits per heavy atom. The zero-order valence-corrected chi connectivity index (χ0v) is 9.89. The number of halogens is 1. The molecule has 84 valence electrons. The van der Waals surface area contributed by atoms with Crippen molar-refractivity contribution < 1.29 is 0 Å². The summed E-state index contributed by atoms with van der Waals surface area (Å²) >= 11 is 0. The molecule has 0 bridgehead atoms. The van der Waals surface area contributed by atoms with E-state index in [1.54, 1.807) is 6.20 Å². The van der Waals surface area contributed by atoms with Gasteiger partial charge in [-0.25, -0.2) is 0 Å². The van der Waals surface area contributed by atoms with Gasteiger partial charge < -0.3 is 0 Å². The van der Waals surface area contributed by atoms with Gasteiger partial charge in [0.05, 0.1) is 6.20 Å². The SMILES string of the molecule is Cl.c1ccc(-c2nncc3ccccc23)cc1. The molecule has 2 nitrogen and oxygen atoms in total. The van der Waals surface area contributed by atoms with Crippen molar-refractivity contribution in [3.05, 3.63) is 60.8 Å². The number of hydrogen-bond donors (Lipinski definition) is 0. The zero-order chi connectivity index (χ0) is 10.8. The fraction of sp³-hybridized carbons (Fsp3) is 0. The van der Waals surface area contributed by atoms with Gasteiger partial charge in [0.1, 0.15) is 5.69 Å². The maximum atomic E-state index is 4.23. The van der Waals surface area contributed by atoms with Gasteiger partial charge in [-0.2, -0.15) is 5.10 Å². The van der Waals surface area contributed by atoms with E-state index in [2.05, 4.69) is 34.5 Å². The highest BCUT2D eigenvalue weighted by Crippen LogP contribution is 2.24. The van der Waals surface area contributed by atoms with Crippen LogP contribution in [-0.2, 0) is 0 Å². The van der Waals surface area contributed by atoms with Crippen molar-refractivity contribution in [3.8, 4) is 11.3 Å². The molecule has 2 aromatic carbocycles. The van der Waals surface area contributed by atoms with Crippen molar-refractivity contribution in [2.45, 2.75) is 0 Å². The predicted octanol–water partition coefficient (Wildman–Crippen LogP) is 3.72. The summed E-state index contributed by atoms with van der Waals surface area (Å²) in [5.74, 6) is 0. The van der Waals surface area contributed by atoms with Crippen molar-refractivity contribution in [1.29, 1.82) is 0 Å². The Bertz CT molecular complexity index is 618. The lowest BCUT2D eigenvalue weighted by Gasteiger charge is -2.03. The van der Waals surface area contributed by atoms with Crippen LogP contribution in [0.15, 0.2) is 60.8 Å². The molecule has 0 atom stereocenters. The van der Waals surface area contributed by atoms with Crippen molar-refractivity contribution in [2.24, 2.45) is 0 Å². The molecule has 0 unspecified atom stereocenters. The first-order valence-electron chi connectivity index (χ1n) is 5.21. The van der Waals surface area contributed by atoms with E-state index in [4.69, 9.17) is 0 Å². The molecular weight excluding hydrogens is 232 g/mol. The Labute approximate surface area is 106 Å². The van der Waals surface area contributed by atoms with E-state index in [1.807, 2.05) is 30.3 Å². The summed E-state index contributed by atoms with van der Waals surface area (Å²) in [4.78, 5) is 0. The van der Waals surface area contributed by atoms with Gasteiger partial charge in [-0.1, -0.05) is 54.6 Å². The number of hydrogen-bond acceptors (Lipinski definition) is 2. The molecule has 3 rings (SSSR count). The molecule has 1 aromatic heterocycles. The molecule has 0 saturated carbocycles. The maximum absolute atomic E-state index is 4.23. The summed E-state index contributed by atoms with van der Waals surface area (Å²) in [6, 6.07) is 18.3. The third kappa shape index (κ3) is 2.12. The second-order valence-corrected chi connectivity index (χ2v) is 3.65. The van der Waals surface area contributed by atoms with E-state index in [9.17, 15) is 0 Å². The molecular formula is C14H11ClN2. The van der Waals surface area contributed by atoms with Gasteiger partial charge >= 0.3 is 0 Å². The van der Waals surface area contributed by atoms with Gasteiger partial charge in [0.15, 0.2) is 0 Å². The molecule has 0 aliphatic heterocycles. The second kappa shape index (κ2) is 4.93. The first-order valence-corrected chi connectivity index (χ1v) is 5.21. The fourth-order valence-electron chi connectivity index (χ4n) is 1.84. The monoisotopic (exact) mass is 242 g/mol. The average molecular weight is 243 g/mol. The number of benzene rings is 2. The van der Waals surface area contributed by atoms with E-state index in [0.717, 1.165) is 22.0 Å². The average Bonchev–Trinajstić information content (AvgIpc) is 2.39. The van der Waals surface area contributed by atoms with Gasteiger partial charge in [-0.3, -0.25) is 0 Å². The summed E-state index contributed by atoms with van der Waals surface area (Å²) in [6.07, 6.45) is 1.79. The van der Waals surface area contributed by atoms with Crippen LogP contribution in [0.1, 0.15) is 0 Å². The maximum Gasteiger partial charge on any atom is 0.101 e. The molecule has 3 aromatic rings. The highest BCUT2D eigenvalue weighted by Gasteiger charge is 2.04. The van der Waals surface area contributed by atoms with Crippen LogP contribution in [0, 0.1) is 0 Å². The largest absolute Gasteiger partial charge is 0.158 e. The van der Waals surface area contributed by atoms with Crippen molar-refractivity contribution in [2.75, 3.05) is 0 Å². The minimum Gasteiger partial charge on any atom is -0.158 e. The number of nitrogens with zero attached hydrogens (tertiary/aromatic N) is 2. The molecule has 0 spiro atoms. The molecule has 17 heavy (non-hydrogen) atoms. The molecule has 0 fully saturated rings. The summed E-state index contributed by atoms with van der Waals surface area (Å²) in [5.41, 5.74) is 2.05. The van der Waals surface area contributed by atoms with Crippen LogP contribution in [-0.4, -0.2) is 10.2 Å². The molecule has 1 heterocycles. The second-order valence-electron chi connectivity index (χ2n) is 3.65. The molecule has 0 amide bonds. The van der Waals surface area contributed by atoms with Crippen molar-refractivity contribution in [1.82, 2.24) is 10.2 Å². The fourth-order valence-corrected chi connectivity index (χ4v) is 1.84. The topological polar surface area (TPSA) is 25.8 Å². The number of rotatable bonds is 1. The lowest BCUT2D eigenvalue weighted by atomic mass is 10.1. The van der Waals surface area contributed by atoms with Crippen molar-refractivity contribution >= 4 is 23.2 Å². The Hall–Kier alpha value is -1.93. The number of aromatic nitrogens is 2. The van der Waals surface area contributed by atoms with E-state index in [1.165, 1.54) is 0 Å². The molecule has 0 saturated heterocycles. The van der Waals surface area contributed by atoms with Crippen LogP contribution >= 0.6 is 12.4 Å². The number of fused-ring (bicyclic) bond motifs is 1. The first kappa shape index (κ1) is 11.6. The van der Waals surface area contributed by atoms with E-state index in [0.29, 0.717) is 0 Å². The Kier molecular flexibility index (Phi) is 3.35. The molecule has 0 radical (unpaired) electrons. The Morgan fingerprint density at radius 2 is 1.47 bits per heavy atom. The summed E-state index contributed by atoms with van der Waals surface area (Å²) in [5, 5.41) is 10.5. The molecule has 3 heteroatoms. The van der Waals surface area contributed by atoms with Crippen LogP contribution in [0.5, 0.6) is 0 Å². The predicted molar refractivity (Wildman–Crippen MR) is 72.2 cm³/mol. The third-order valence-corrected chi connectivity index (χ3v) is 2.62. The van der Waals surface area contributed by atoms with Gasteiger partial charge in [0.25, 0.3) is 0 Å². The molecule has 0 aliphatic rings. The van der Waals surface area contributed by atoms with Gasteiger partial charge in [-0.15, -0.1) is 17.5 Å². The van der Waals surface area contributed by atoms with Gasteiger partial charge in [-0.05, 0) is 0 Å². The summed E-state index contributed by atoms with van der Waals surface area (Å²) < 4.78 is 0.